The minimum atomic E-state index is -4.03. The minimum Gasteiger partial charge on any atom is -0.486 e. The largest absolute Gasteiger partial charge is 0.486 e. The van der Waals surface area contributed by atoms with E-state index in [9.17, 15) is 18.0 Å². The summed E-state index contributed by atoms with van der Waals surface area (Å²) in [5.74, 6) is -2.11. The van der Waals surface area contributed by atoms with Crippen molar-refractivity contribution in [3.8, 4) is 11.5 Å². The second kappa shape index (κ2) is 4.73. The summed E-state index contributed by atoms with van der Waals surface area (Å²) in [6, 6.07) is 2.93. The van der Waals surface area contributed by atoms with Crippen LogP contribution >= 0.6 is 0 Å². The Morgan fingerprint density at radius 2 is 1.81 bits per heavy atom. The second-order valence-corrected chi connectivity index (χ2v) is 7.10. The molecule has 2 aliphatic rings. The lowest BCUT2D eigenvalue weighted by molar-refractivity contribution is -0.136. The van der Waals surface area contributed by atoms with Crippen molar-refractivity contribution >= 4 is 21.6 Å². The van der Waals surface area contributed by atoms with Gasteiger partial charge in [0, 0.05) is 12.0 Å². The van der Waals surface area contributed by atoms with Gasteiger partial charge in [-0.05, 0) is 17.7 Å². The Labute approximate surface area is 120 Å². The molecule has 0 saturated carbocycles. The highest BCUT2D eigenvalue weighted by atomic mass is 32.2. The molecule has 8 heteroatoms. The third-order valence-corrected chi connectivity index (χ3v) is 5.41. The summed E-state index contributed by atoms with van der Waals surface area (Å²) < 4.78 is 34.7. The van der Waals surface area contributed by atoms with Crippen molar-refractivity contribution in [2.24, 2.45) is 0 Å². The fraction of sp³-hybridized carbons (Fsp3) is 0.385. The highest BCUT2D eigenvalue weighted by molar-refractivity contribution is 7.93. The predicted octanol–water partition coefficient (Wildman–Crippen LogP) is 0.0646. The van der Waals surface area contributed by atoms with E-state index >= 15 is 0 Å². The maximum Gasteiger partial charge on any atom is 0.322 e. The zero-order valence-electron chi connectivity index (χ0n) is 10.9. The molecule has 2 aliphatic heterocycles. The van der Waals surface area contributed by atoms with Crippen LogP contribution in [0.5, 0.6) is 11.5 Å². The molecule has 21 heavy (non-hydrogen) atoms. The number of carboxylic acids is 1. The maximum atomic E-state index is 12.1. The lowest BCUT2D eigenvalue weighted by Crippen LogP contribution is -2.33. The van der Waals surface area contributed by atoms with Crippen molar-refractivity contribution in [1.29, 1.82) is 0 Å². The van der Waals surface area contributed by atoms with Crippen LogP contribution in [0.15, 0.2) is 12.1 Å². The number of Topliss-reactive ketones (excluding diaryl/α,β-unsaturated/α-hetero) is 1. The van der Waals surface area contributed by atoms with Crippen molar-refractivity contribution < 1.29 is 32.6 Å². The van der Waals surface area contributed by atoms with Crippen LogP contribution in [-0.4, -0.2) is 49.5 Å². The first-order chi connectivity index (χ1) is 9.88. The minimum absolute atomic E-state index is 0.187. The summed E-state index contributed by atoms with van der Waals surface area (Å²) in [6.07, 6.45) is -0.255. The Bertz CT molecular complexity index is 735. The summed E-state index contributed by atoms with van der Waals surface area (Å²) >= 11 is 0. The van der Waals surface area contributed by atoms with Gasteiger partial charge in [0.2, 0.25) is 0 Å². The summed E-state index contributed by atoms with van der Waals surface area (Å²) in [5.41, 5.74) is 0.546. The maximum absolute atomic E-state index is 12.1. The zero-order valence-corrected chi connectivity index (χ0v) is 11.7. The van der Waals surface area contributed by atoms with E-state index in [0.29, 0.717) is 30.3 Å². The van der Waals surface area contributed by atoms with Gasteiger partial charge >= 0.3 is 5.97 Å². The number of carbonyl (C=O) groups excluding carboxylic acids is 1. The van der Waals surface area contributed by atoms with Crippen LogP contribution < -0.4 is 9.47 Å². The van der Waals surface area contributed by atoms with Gasteiger partial charge < -0.3 is 14.6 Å². The summed E-state index contributed by atoms with van der Waals surface area (Å²) in [5, 5.41) is 7.48. The van der Waals surface area contributed by atoms with E-state index in [-0.39, 0.29) is 12.0 Å². The molecule has 1 N–H and O–H groups in total. The number of benzene rings is 1. The third kappa shape index (κ3) is 2.35. The van der Waals surface area contributed by atoms with Crippen LogP contribution in [0.2, 0.25) is 0 Å². The summed E-state index contributed by atoms with van der Waals surface area (Å²) in [6.45, 7) is 0.691. The molecular weight excluding hydrogens is 300 g/mol. The lowest BCUT2D eigenvalue weighted by Gasteiger charge is -2.20. The van der Waals surface area contributed by atoms with Crippen LogP contribution in [0, 0.1) is 0 Å². The highest BCUT2D eigenvalue weighted by Gasteiger charge is 2.39. The number of rotatable bonds is 1. The number of sulfone groups is 1. The van der Waals surface area contributed by atoms with Crippen molar-refractivity contribution in [2.75, 3.05) is 19.0 Å². The first kappa shape index (κ1) is 13.9. The van der Waals surface area contributed by atoms with Crippen LogP contribution in [0.4, 0.5) is 0 Å². The zero-order chi connectivity index (χ0) is 15.2. The molecule has 1 aromatic carbocycles. The summed E-state index contributed by atoms with van der Waals surface area (Å²) in [7, 11) is -4.03. The number of fused-ring (bicyclic) bond motifs is 2. The molecule has 112 valence electrons. The fourth-order valence-electron chi connectivity index (χ4n) is 2.49. The molecule has 0 spiro atoms. The summed E-state index contributed by atoms with van der Waals surface area (Å²) in [4.78, 5) is 23.3. The van der Waals surface area contributed by atoms with Crippen molar-refractivity contribution in [3.05, 3.63) is 23.3 Å². The number of hydrogen-bond donors (Lipinski definition) is 1. The third-order valence-electron chi connectivity index (χ3n) is 3.51. The molecule has 0 aliphatic carbocycles. The van der Waals surface area contributed by atoms with E-state index in [1.54, 1.807) is 0 Å². The Kier molecular flexibility index (Phi) is 3.12. The number of carbonyl (C=O) groups is 2. The average molecular weight is 312 g/mol. The van der Waals surface area contributed by atoms with Gasteiger partial charge in [-0.1, -0.05) is 0 Å². The second-order valence-electron chi connectivity index (χ2n) is 4.91. The number of hydrogen-bond acceptors (Lipinski definition) is 6. The molecule has 1 unspecified atom stereocenters. The van der Waals surface area contributed by atoms with Crippen molar-refractivity contribution in [1.82, 2.24) is 0 Å². The normalized spacial score (nSPS) is 23.0. The monoisotopic (exact) mass is 312 g/mol. The van der Waals surface area contributed by atoms with E-state index < -0.39 is 32.6 Å². The van der Waals surface area contributed by atoms with Crippen LogP contribution in [0.25, 0.3) is 0 Å². The molecule has 3 rings (SSSR count). The van der Waals surface area contributed by atoms with E-state index in [1.165, 1.54) is 12.1 Å². The van der Waals surface area contributed by atoms with Crippen molar-refractivity contribution in [3.63, 3.8) is 0 Å². The van der Waals surface area contributed by atoms with Crippen LogP contribution in [0.1, 0.15) is 15.9 Å². The van der Waals surface area contributed by atoms with Gasteiger partial charge in [-0.25, -0.2) is 8.42 Å². The molecule has 0 amide bonds. The van der Waals surface area contributed by atoms with Crippen molar-refractivity contribution in [2.45, 2.75) is 11.7 Å². The molecule has 0 aromatic heterocycles. The fourth-order valence-corrected chi connectivity index (χ4v) is 3.95. The topological polar surface area (TPSA) is 107 Å². The SMILES string of the molecule is O=C1CS(=O)(=O)C(C(=O)O)Cc2cc3c(cc21)OCCO3. The van der Waals surface area contributed by atoms with E-state index in [4.69, 9.17) is 14.6 Å². The van der Waals surface area contributed by atoms with Gasteiger partial charge in [-0.15, -0.1) is 0 Å². The number of ketones is 1. The Balaban J connectivity index is 2.14. The smallest absolute Gasteiger partial charge is 0.322 e. The number of aliphatic carboxylic acids is 1. The number of carboxylic acid groups (broad SMARTS) is 1. The van der Waals surface area contributed by atoms with Crippen LogP contribution in [-0.2, 0) is 21.1 Å². The molecule has 0 saturated heterocycles. The Morgan fingerprint density at radius 3 is 2.43 bits per heavy atom. The van der Waals surface area contributed by atoms with Gasteiger partial charge in [0.15, 0.2) is 32.4 Å². The van der Waals surface area contributed by atoms with E-state index in [2.05, 4.69) is 0 Å². The van der Waals surface area contributed by atoms with E-state index in [0.717, 1.165) is 0 Å². The predicted molar refractivity (Wildman–Crippen MR) is 70.7 cm³/mol. The molecule has 0 radical (unpaired) electrons. The van der Waals surface area contributed by atoms with Gasteiger partial charge in [-0.2, -0.15) is 0 Å². The molecular formula is C13H12O7S. The van der Waals surface area contributed by atoms with Gasteiger partial charge in [0.25, 0.3) is 0 Å². The molecule has 7 nitrogen and oxygen atoms in total. The quantitative estimate of drug-likeness (QED) is 0.781. The van der Waals surface area contributed by atoms with Gasteiger partial charge in [0.05, 0.1) is 0 Å². The molecule has 0 bridgehead atoms. The molecule has 1 aromatic rings. The van der Waals surface area contributed by atoms with Gasteiger partial charge in [-0.3, -0.25) is 9.59 Å². The lowest BCUT2D eigenvalue weighted by atomic mass is 9.99. The molecule has 1 atom stereocenters. The van der Waals surface area contributed by atoms with Gasteiger partial charge in [0.1, 0.15) is 19.0 Å². The highest BCUT2D eigenvalue weighted by Crippen LogP contribution is 2.35. The first-order valence-corrected chi connectivity index (χ1v) is 8.00. The molecule has 2 heterocycles. The Morgan fingerprint density at radius 1 is 1.19 bits per heavy atom. The average Bonchev–Trinajstić information content (AvgIpc) is 2.51. The molecule has 0 fully saturated rings. The van der Waals surface area contributed by atoms with Crippen LogP contribution in [0.3, 0.4) is 0 Å². The first-order valence-electron chi connectivity index (χ1n) is 6.28. The number of ether oxygens (including phenoxy) is 2. The Hall–Kier alpha value is -2.09. The standard InChI is InChI=1S/C13H12O7S/c14-9-6-21(17,18)12(13(15)16)4-7-3-10-11(5-8(7)9)20-2-1-19-10/h3,5,12H,1-2,4,6H2,(H,15,16). The van der Waals surface area contributed by atoms with E-state index in [1.807, 2.05) is 0 Å².